The lowest BCUT2D eigenvalue weighted by Crippen LogP contribution is -1.93. The molecule has 4 heteroatoms. The van der Waals surface area contributed by atoms with E-state index in [1.807, 2.05) is 0 Å². The van der Waals surface area contributed by atoms with Crippen molar-refractivity contribution in [1.82, 2.24) is 0 Å². The van der Waals surface area contributed by atoms with E-state index >= 15 is 0 Å². The average molecular weight is 282 g/mol. The predicted octanol–water partition coefficient (Wildman–Crippen LogP) is 4.20. The fraction of sp³-hybridized carbons (Fsp3) is 0.400. The molecule has 0 aromatic heterocycles. The van der Waals surface area contributed by atoms with Gasteiger partial charge in [-0.2, -0.15) is 11.8 Å². The van der Waals surface area contributed by atoms with Gasteiger partial charge in [0, 0.05) is 11.8 Å². The first kappa shape index (κ1) is 15.8. The summed E-state index contributed by atoms with van der Waals surface area (Å²) in [5.74, 6) is 1.04. The topological polar surface area (TPSA) is 37.3 Å². The van der Waals surface area contributed by atoms with Crippen LogP contribution in [-0.4, -0.2) is 16.8 Å². The Morgan fingerprint density at radius 1 is 1.47 bits per heavy atom. The van der Waals surface area contributed by atoms with E-state index in [1.54, 1.807) is 23.9 Å². The highest BCUT2D eigenvalue weighted by Crippen LogP contribution is 2.19. The normalized spacial score (nSPS) is 11.4. The number of benzene rings is 1. The Hall–Kier alpha value is -1.29. The minimum atomic E-state index is -1.03. The molecule has 0 aliphatic carbocycles. The van der Waals surface area contributed by atoms with Crippen LogP contribution in [0.4, 0.5) is 4.39 Å². The molecule has 0 spiro atoms. The number of hydrogen-bond acceptors (Lipinski definition) is 2. The lowest BCUT2D eigenvalue weighted by Gasteiger charge is -2.06. The zero-order valence-electron chi connectivity index (χ0n) is 11.2. The molecule has 0 amide bonds. The zero-order chi connectivity index (χ0) is 14.3. The summed E-state index contributed by atoms with van der Waals surface area (Å²) in [6.45, 7) is 4.34. The van der Waals surface area contributed by atoms with Crippen LogP contribution in [0.25, 0.3) is 6.08 Å². The SMILES string of the molecule is CC(C)CCSCc1ccc(/C=C/C(=O)O)cc1F. The Balaban J connectivity index is 2.55. The molecule has 0 aliphatic heterocycles. The second-order valence-electron chi connectivity index (χ2n) is 4.76. The summed E-state index contributed by atoms with van der Waals surface area (Å²) in [6.07, 6.45) is 3.53. The van der Waals surface area contributed by atoms with Gasteiger partial charge in [-0.1, -0.05) is 26.0 Å². The molecule has 0 aliphatic rings. The number of aliphatic carboxylic acids is 1. The first-order valence-electron chi connectivity index (χ1n) is 6.26. The van der Waals surface area contributed by atoms with E-state index in [4.69, 9.17) is 5.11 Å². The second-order valence-corrected chi connectivity index (χ2v) is 5.86. The van der Waals surface area contributed by atoms with Crippen LogP contribution in [0.5, 0.6) is 0 Å². The van der Waals surface area contributed by atoms with Gasteiger partial charge in [0.15, 0.2) is 0 Å². The lowest BCUT2D eigenvalue weighted by atomic mass is 10.1. The van der Waals surface area contributed by atoms with E-state index in [0.717, 1.165) is 18.2 Å². The lowest BCUT2D eigenvalue weighted by molar-refractivity contribution is -0.131. The van der Waals surface area contributed by atoms with E-state index < -0.39 is 5.97 Å². The van der Waals surface area contributed by atoms with Crippen molar-refractivity contribution in [2.24, 2.45) is 5.92 Å². The summed E-state index contributed by atoms with van der Waals surface area (Å²) in [7, 11) is 0. The van der Waals surface area contributed by atoms with Crippen molar-refractivity contribution in [1.29, 1.82) is 0 Å². The van der Waals surface area contributed by atoms with E-state index in [-0.39, 0.29) is 5.82 Å². The van der Waals surface area contributed by atoms with E-state index in [1.165, 1.54) is 12.1 Å². The number of carboxylic acid groups (broad SMARTS) is 1. The van der Waals surface area contributed by atoms with Gasteiger partial charge in [-0.3, -0.25) is 0 Å². The van der Waals surface area contributed by atoms with Gasteiger partial charge in [0.1, 0.15) is 5.82 Å². The molecule has 1 rings (SSSR count). The zero-order valence-corrected chi connectivity index (χ0v) is 12.0. The highest BCUT2D eigenvalue weighted by molar-refractivity contribution is 7.98. The fourth-order valence-electron chi connectivity index (χ4n) is 1.45. The summed E-state index contributed by atoms with van der Waals surface area (Å²) >= 11 is 1.72. The molecule has 1 N–H and O–H groups in total. The Bertz CT molecular complexity index is 455. The Morgan fingerprint density at radius 2 is 2.21 bits per heavy atom. The molecule has 0 atom stereocenters. The van der Waals surface area contributed by atoms with Gasteiger partial charge in [0.05, 0.1) is 0 Å². The maximum absolute atomic E-state index is 13.8. The van der Waals surface area contributed by atoms with Crippen LogP contribution in [0.2, 0.25) is 0 Å². The summed E-state index contributed by atoms with van der Waals surface area (Å²) in [5.41, 5.74) is 1.23. The maximum atomic E-state index is 13.8. The quantitative estimate of drug-likeness (QED) is 0.601. The fourth-order valence-corrected chi connectivity index (χ4v) is 2.69. The summed E-state index contributed by atoms with van der Waals surface area (Å²) in [5, 5.41) is 8.50. The third kappa shape index (κ3) is 6.43. The van der Waals surface area contributed by atoms with E-state index in [2.05, 4.69) is 13.8 Å². The Morgan fingerprint density at radius 3 is 2.79 bits per heavy atom. The molecule has 1 aromatic rings. The maximum Gasteiger partial charge on any atom is 0.328 e. The van der Waals surface area contributed by atoms with Gasteiger partial charge in [0.2, 0.25) is 0 Å². The van der Waals surface area contributed by atoms with Gasteiger partial charge >= 0.3 is 5.97 Å². The van der Waals surface area contributed by atoms with Gasteiger partial charge < -0.3 is 5.11 Å². The van der Waals surface area contributed by atoms with Crippen molar-refractivity contribution in [2.45, 2.75) is 26.0 Å². The standard InChI is InChI=1S/C15H19FO2S/c1-11(2)7-8-19-10-13-5-3-12(9-14(13)16)4-6-15(17)18/h3-6,9,11H,7-8,10H2,1-2H3,(H,17,18)/b6-4+. The Labute approximate surface area is 117 Å². The Kier molecular flexibility index (Phi) is 6.64. The van der Waals surface area contributed by atoms with Crippen LogP contribution in [0.1, 0.15) is 31.4 Å². The van der Waals surface area contributed by atoms with Gasteiger partial charge in [-0.15, -0.1) is 0 Å². The molecule has 0 heterocycles. The number of rotatable bonds is 7. The van der Waals surface area contributed by atoms with Crippen molar-refractivity contribution in [3.63, 3.8) is 0 Å². The smallest absolute Gasteiger partial charge is 0.328 e. The number of thioether (sulfide) groups is 1. The second kappa shape index (κ2) is 8.00. The minimum absolute atomic E-state index is 0.274. The molecule has 0 saturated heterocycles. The van der Waals surface area contributed by atoms with Gasteiger partial charge in [-0.25, -0.2) is 9.18 Å². The van der Waals surface area contributed by atoms with Crippen LogP contribution >= 0.6 is 11.8 Å². The molecule has 0 fully saturated rings. The van der Waals surface area contributed by atoms with E-state index in [0.29, 0.717) is 22.8 Å². The molecule has 0 radical (unpaired) electrons. The average Bonchev–Trinajstić information content (AvgIpc) is 2.33. The number of hydrogen-bond donors (Lipinski definition) is 1. The first-order chi connectivity index (χ1) is 8.99. The van der Waals surface area contributed by atoms with E-state index in [9.17, 15) is 9.18 Å². The highest BCUT2D eigenvalue weighted by Gasteiger charge is 2.03. The molecule has 2 nitrogen and oxygen atoms in total. The third-order valence-electron chi connectivity index (χ3n) is 2.59. The van der Waals surface area contributed by atoms with Crippen molar-refractivity contribution in [2.75, 3.05) is 5.75 Å². The first-order valence-corrected chi connectivity index (χ1v) is 7.41. The molecule has 0 saturated carbocycles. The van der Waals surface area contributed by atoms with Crippen molar-refractivity contribution < 1.29 is 14.3 Å². The van der Waals surface area contributed by atoms with Gasteiger partial charge in [-0.05, 0) is 41.4 Å². The summed E-state index contributed by atoms with van der Waals surface area (Å²) in [4.78, 5) is 10.4. The van der Waals surface area contributed by atoms with Crippen molar-refractivity contribution >= 4 is 23.8 Å². The third-order valence-corrected chi connectivity index (χ3v) is 3.63. The molecule has 0 unspecified atom stereocenters. The minimum Gasteiger partial charge on any atom is -0.478 e. The highest BCUT2D eigenvalue weighted by atomic mass is 32.2. The number of carboxylic acids is 1. The molecular weight excluding hydrogens is 263 g/mol. The number of carbonyl (C=O) groups is 1. The van der Waals surface area contributed by atoms with Crippen LogP contribution in [0.15, 0.2) is 24.3 Å². The van der Waals surface area contributed by atoms with Crippen LogP contribution < -0.4 is 0 Å². The van der Waals surface area contributed by atoms with Crippen LogP contribution in [0.3, 0.4) is 0 Å². The molecule has 104 valence electrons. The largest absolute Gasteiger partial charge is 0.478 e. The molecule has 19 heavy (non-hydrogen) atoms. The van der Waals surface area contributed by atoms with Crippen LogP contribution in [0, 0.1) is 11.7 Å². The molecular formula is C15H19FO2S. The summed E-state index contributed by atoms with van der Waals surface area (Å²) in [6, 6.07) is 4.83. The van der Waals surface area contributed by atoms with Crippen molar-refractivity contribution in [3.05, 3.63) is 41.2 Å². The predicted molar refractivity (Wildman–Crippen MR) is 78.7 cm³/mol. The van der Waals surface area contributed by atoms with Gasteiger partial charge in [0.25, 0.3) is 0 Å². The number of halogens is 1. The van der Waals surface area contributed by atoms with Crippen molar-refractivity contribution in [3.8, 4) is 0 Å². The molecule has 1 aromatic carbocycles. The molecule has 0 bridgehead atoms. The van der Waals surface area contributed by atoms with Crippen LogP contribution in [-0.2, 0) is 10.5 Å². The summed E-state index contributed by atoms with van der Waals surface area (Å²) < 4.78 is 13.8. The monoisotopic (exact) mass is 282 g/mol.